The van der Waals surface area contributed by atoms with Crippen molar-refractivity contribution in [3.8, 4) is 11.3 Å². The second-order valence-electron chi connectivity index (χ2n) is 6.31. The highest BCUT2D eigenvalue weighted by molar-refractivity contribution is 7.08. The monoisotopic (exact) mass is 407 g/mol. The highest BCUT2D eigenvalue weighted by Crippen LogP contribution is 2.33. The number of likely N-dealkylation sites (N-methyl/N-ethyl adjacent to an activating group) is 1. The zero-order valence-corrected chi connectivity index (χ0v) is 16.7. The summed E-state index contributed by atoms with van der Waals surface area (Å²) in [6.07, 6.45) is 0. The first-order chi connectivity index (χ1) is 12.9. The SMILES string of the molecule is Cc1onc(-c2c(F)cccc2Cl)c1C(=O)NCC(c1ccsc1)N(C)C. The molecule has 0 aliphatic rings. The van der Waals surface area contributed by atoms with Gasteiger partial charge in [-0.2, -0.15) is 11.3 Å². The summed E-state index contributed by atoms with van der Waals surface area (Å²) in [5.74, 6) is -0.641. The van der Waals surface area contributed by atoms with Crippen molar-refractivity contribution in [3.63, 3.8) is 0 Å². The van der Waals surface area contributed by atoms with Crippen LogP contribution in [0.15, 0.2) is 39.5 Å². The molecule has 1 atom stereocenters. The van der Waals surface area contributed by atoms with Gasteiger partial charge in [0.15, 0.2) is 0 Å². The quantitative estimate of drug-likeness (QED) is 0.651. The number of nitrogens with zero attached hydrogens (tertiary/aromatic N) is 2. The number of hydrogen-bond donors (Lipinski definition) is 1. The maximum Gasteiger partial charge on any atom is 0.257 e. The molecule has 8 heteroatoms. The van der Waals surface area contributed by atoms with Crippen LogP contribution in [-0.2, 0) is 0 Å². The van der Waals surface area contributed by atoms with E-state index >= 15 is 0 Å². The van der Waals surface area contributed by atoms with E-state index in [2.05, 4.69) is 10.5 Å². The maximum absolute atomic E-state index is 14.3. The first kappa shape index (κ1) is 19.5. The summed E-state index contributed by atoms with van der Waals surface area (Å²) >= 11 is 7.73. The van der Waals surface area contributed by atoms with Crippen molar-refractivity contribution in [2.45, 2.75) is 13.0 Å². The fourth-order valence-electron chi connectivity index (χ4n) is 2.88. The van der Waals surface area contributed by atoms with E-state index in [0.29, 0.717) is 12.3 Å². The lowest BCUT2D eigenvalue weighted by molar-refractivity contribution is 0.0941. The lowest BCUT2D eigenvalue weighted by atomic mass is 10.0. The molecule has 0 bridgehead atoms. The molecule has 5 nitrogen and oxygen atoms in total. The molecule has 1 unspecified atom stereocenters. The van der Waals surface area contributed by atoms with Crippen molar-refractivity contribution in [2.75, 3.05) is 20.6 Å². The predicted molar refractivity (Wildman–Crippen MR) is 105 cm³/mol. The molecule has 2 heterocycles. The number of benzene rings is 1. The van der Waals surface area contributed by atoms with E-state index in [0.717, 1.165) is 5.56 Å². The molecule has 0 saturated heterocycles. The third-order valence-corrected chi connectivity index (χ3v) is 5.31. The van der Waals surface area contributed by atoms with Crippen molar-refractivity contribution in [1.82, 2.24) is 15.4 Å². The second-order valence-corrected chi connectivity index (χ2v) is 7.49. The summed E-state index contributed by atoms with van der Waals surface area (Å²) in [6.45, 7) is 2.00. The summed E-state index contributed by atoms with van der Waals surface area (Å²) < 4.78 is 19.5. The summed E-state index contributed by atoms with van der Waals surface area (Å²) in [5, 5.41) is 11.0. The van der Waals surface area contributed by atoms with Gasteiger partial charge in [-0.1, -0.05) is 22.8 Å². The van der Waals surface area contributed by atoms with Crippen molar-refractivity contribution in [3.05, 3.63) is 62.8 Å². The van der Waals surface area contributed by atoms with Crippen LogP contribution in [0.5, 0.6) is 0 Å². The van der Waals surface area contributed by atoms with Crippen LogP contribution < -0.4 is 5.32 Å². The van der Waals surface area contributed by atoms with Gasteiger partial charge in [0.05, 0.1) is 16.6 Å². The minimum Gasteiger partial charge on any atom is -0.360 e. The van der Waals surface area contributed by atoms with Gasteiger partial charge in [0.25, 0.3) is 5.91 Å². The molecule has 0 aliphatic carbocycles. The molecule has 0 spiro atoms. The van der Waals surface area contributed by atoms with Crippen LogP contribution in [0.25, 0.3) is 11.3 Å². The van der Waals surface area contributed by atoms with E-state index in [1.807, 2.05) is 35.8 Å². The number of halogens is 2. The zero-order valence-electron chi connectivity index (χ0n) is 15.1. The molecule has 3 rings (SSSR count). The van der Waals surface area contributed by atoms with Gasteiger partial charge >= 0.3 is 0 Å². The van der Waals surface area contributed by atoms with Gasteiger partial charge < -0.3 is 14.7 Å². The second kappa shape index (κ2) is 8.21. The topological polar surface area (TPSA) is 58.4 Å². The molecule has 27 heavy (non-hydrogen) atoms. The Bertz CT molecular complexity index is 920. The Kier molecular flexibility index (Phi) is 5.94. The van der Waals surface area contributed by atoms with Gasteiger partial charge in [-0.15, -0.1) is 0 Å². The Morgan fingerprint density at radius 1 is 1.41 bits per heavy atom. The van der Waals surface area contributed by atoms with Crippen LogP contribution in [0.1, 0.15) is 27.7 Å². The van der Waals surface area contributed by atoms with Crippen LogP contribution in [0.4, 0.5) is 4.39 Å². The number of carbonyl (C=O) groups is 1. The molecule has 0 saturated carbocycles. The summed E-state index contributed by atoms with van der Waals surface area (Å²) in [7, 11) is 3.90. The Balaban J connectivity index is 1.87. The van der Waals surface area contributed by atoms with E-state index in [1.165, 1.54) is 12.1 Å². The number of aryl methyl sites for hydroxylation is 1. The Morgan fingerprint density at radius 3 is 2.81 bits per heavy atom. The van der Waals surface area contributed by atoms with Gasteiger partial charge in [-0.3, -0.25) is 4.79 Å². The first-order valence-corrected chi connectivity index (χ1v) is 9.59. The fourth-order valence-corrected chi connectivity index (χ4v) is 3.83. The van der Waals surface area contributed by atoms with Crippen LogP contribution >= 0.6 is 22.9 Å². The Labute approximate surface area is 165 Å². The number of nitrogens with one attached hydrogen (secondary N) is 1. The van der Waals surface area contributed by atoms with Crippen molar-refractivity contribution in [1.29, 1.82) is 0 Å². The first-order valence-electron chi connectivity index (χ1n) is 8.27. The van der Waals surface area contributed by atoms with E-state index < -0.39 is 5.82 Å². The third-order valence-electron chi connectivity index (χ3n) is 4.30. The average molecular weight is 408 g/mol. The van der Waals surface area contributed by atoms with Crippen LogP contribution in [0.2, 0.25) is 5.02 Å². The standard InChI is InChI=1S/C19H19ClFN3O2S/c1-11-16(18(23-26-11)17-13(20)5-4-6-14(17)21)19(25)22-9-15(24(2)3)12-7-8-27-10-12/h4-8,10,15H,9H2,1-3H3,(H,22,25). The molecule has 0 aliphatic heterocycles. The van der Waals surface area contributed by atoms with Gasteiger partial charge in [0.1, 0.15) is 22.8 Å². The summed E-state index contributed by atoms with van der Waals surface area (Å²) in [6, 6.07) is 6.35. The number of amides is 1. The molecule has 0 fully saturated rings. The van der Waals surface area contributed by atoms with Crippen molar-refractivity contribution < 1.29 is 13.7 Å². The van der Waals surface area contributed by atoms with Gasteiger partial charge in [0, 0.05) is 6.54 Å². The number of rotatable bonds is 6. The molecular formula is C19H19ClFN3O2S. The van der Waals surface area contributed by atoms with E-state index in [1.54, 1.807) is 24.3 Å². The number of carbonyl (C=O) groups excluding carboxylic acids is 1. The largest absolute Gasteiger partial charge is 0.360 e. The minimum atomic E-state index is -0.561. The van der Waals surface area contributed by atoms with E-state index in [4.69, 9.17) is 16.1 Å². The van der Waals surface area contributed by atoms with Gasteiger partial charge in [0.2, 0.25) is 0 Å². The molecule has 1 aromatic carbocycles. The zero-order chi connectivity index (χ0) is 19.6. The molecule has 1 N–H and O–H groups in total. The summed E-state index contributed by atoms with van der Waals surface area (Å²) in [5.41, 5.74) is 1.46. The molecule has 0 radical (unpaired) electrons. The van der Waals surface area contributed by atoms with Crippen molar-refractivity contribution in [2.24, 2.45) is 0 Å². The number of aromatic nitrogens is 1. The highest BCUT2D eigenvalue weighted by Gasteiger charge is 2.26. The number of thiophene rings is 1. The van der Waals surface area contributed by atoms with E-state index in [9.17, 15) is 9.18 Å². The fraction of sp³-hybridized carbons (Fsp3) is 0.263. The molecule has 142 valence electrons. The minimum absolute atomic E-state index is 0.0147. The van der Waals surface area contributed by atoms with Crippen LogP contribution in [-0.4, -0.2) is 36.6 Å². The lowest BCUT2D eigenvalue weighted by Crippen LogP contribution is -2.34. The molecule has 1 amide bonds. The number of hydrogen-bond acceptors (Lipinski definition) is 5. The molecule has 2 aromatic heterocycles. The smallest absolute Gasteiger partial charge is 0.257 e. The van der Waals surface area contributed by atoms with Crippen LogP contribution in [0.3, 0.4) is 0 Å². The van der Waals surface area contributed by atoms with Gasteiger partial charge in [-0.05, 0) is 55.5 Å². The Hall–Kier alpha value is -2.22. The lowest BCUT2D eigenvalue weighted by Gasteiger charge is -2.24. The van der Waals surface area contributed by atoms with Crippen molar-refractivity contribution >= 4 is 28.8 Å². The van der Waals surface area contributed by atoms with E-state index in [-0.39, 0.29) is 33.8 Å². The highest BCUT2D eigenvalue weighted by atomic mass is 35.5. The third kappa shape index (κ3) is 4.05. The predicted octanol–water partition coefficient (Wildman–Crippen LogP) is 4.54. The molecular weight excluding hydrogens is 389 g/mol. The van der Waals surface area contributed by atoms with Crippen LogP contribution in [0, 0.1) is 12.7 Å². The average Bonchev–Trinajstić information content (AvgIpc) is 3.25. The Morgan fingerprint density at radius 2 is 2.19 bits per heavy atom. The van der Waals surface area contributed by atoms with Gasteiger partial charge in [-0.25, -0.2) is 4.39 Å². The maximum atomic E-state index is 14.3. The summed E-state index contributed by atoms with van der Waals surface area (Å²) in [4.78, 5) is 14.9. The molecule has 3 aromatic rings. The normalized spacial score (nSPS) is 12.4.